The molecule has 33 heavy (non-hydrogen) atoms. The van der Waals surface area contributed by atoms with Crippen LogP contribution >= 0.6 is 0 Å². The van der Waals surface area contributed by atoms with Crippen LogP contribution in [0.5, 0.6) is 0 Å². The summed E-state index contributed by atoms with van der Waals surface area (Å²) in [6, 6.07) is 25.2. The van der Waals surface area contributed by atoms with E-state index in [4.69, 9.17) is 4.42 Å². The van der Waals surface area contributed by atoms with E-state index in [1.54, 1.807) is 13.3 Å². The zero-order valence-corrected chi connectivity index (χ0v) is 18.6. The molecule has 0 atom stereocenters. The summed E-state index contributed by atoms with van der Waals surface area (Å²) in [5.74, 6) is 0.691. The Morgan fingerprint density at radius 3 is 2.42 bits per heavy atom. The summed E-state index contributed by atoms with van der Waals surface area (Å²) >= 11 is 0. The van der Waals surface area contributed by atoms with Gasteiger partial charge in [0, 0.05) is 43.2 Å². The van der Waals surface area contributed by atoms with Crippen LogP contribution in [0.4, 0.5) is 5.69 Å². The van der Waals surface area contributed by atoms with Crippen LogP contribution in [0.25, 0.3) is 10.8 Å². The zero-order chi connectivity index (χ0) is 23.0. The van der Waals surface area contributed by atoms with Crippen LogP contribution in [0.3, 0.4) is 0 Å². The van der Waals surface area contributed by atoms with E-state index in [2.05, 4.69) is 15.5 Å². The lowest BCUT2D eigenvalue weighted by Crippen LogP contribution is -2.27. The molecule has 0 fully saturated rings. The first-order chi connectivity index (χ1) is 16.1. The predicted molar refractivity (Wildman–Crippen MR) is 130 cm³/mol. The Hall–Kier alpha value is -3.90. The molecule has 1 heterocycles. The molecule has 6 nitrogen and oxygen atoms in total. The fraction of sp³-hybridized carbons (Fsp3) is 0.185. The van der Waals surface area contributed by atoms with Crippen molar-refractivity contribution in [3.8, 4) is 0 Å². The van der Waals surface area contributed by atoms with Crippen LogP contribution in [-0.2, 0) is 17.9 Å². The molecule has 0 bridgehead atoms. The summed E-state index contributed by atoms with van der Waals surface area (Å²) in [4.78, 5) is 26.7. The minimum Gasteiger partial charge on any atom is -0.468 e. The number of carbonyl (C=O) groups is 2. The Bertz CT molecular complexity index is 1210. The molecule has 2 amide bonds. The number of nitrogens with one attached hydrogen (secondary N) is 2. The lowest BCUT2D eigenvalue weighted by molar-refractivity contribution is -0.116. The van der Waals surface area contributed by atoms with Crippen molar-refractivity contribution in [3.63, 3.8) is 0 Å². The monoisotopic (exact) mass is 441 g/mol. The van der Waals surface area contributed by atoms with Crippen LogP contribution in [0.2, 0.25) is 0 Å². The van der Waals surface area contributed by atoms with Crippen molar-refractivity contribution in [2.45, 2.75) is 19.5 Å². The molecule has 1 aromatic heterocycles. The number of furan rings is 1. The summed E-state index contributed by atoms with van der Waals surface area (Å²) in [6.45, 7) is 1.79. The van der Waals surface area contributed by atoms with Crippen molar-refractivity contribution in [1.82, 2.24) is 10.2 Å². The van der Waals surface area contributed by atoms with Gasteiger partial charge in [-0.05, 0) is 41.3 Å². The fourth-order valence-corrected chi connectivity index (χ4v) is 3.81. The van der Waals surface area contributed by atoms with E-state index >= 15 is 0 Å². The van der Waals surface area contributed by atoms with Gasteiger partial charge in [-0.2, -0.15) is 0 Å². The van der Waals surface area contributed by atoms with Gasteiger partial charge in [0.05, 0.1) is 12.8 Å². The van der Waals surface area contributed by atoms with Gasteiger partial charge in [-0.25, -0.2) is 0 Å². The van der Waals surface area contributed by atoms with Gasteiger partial charge in [-0.15, -0.1) is 0 Å². The first kappa shape index (κ1) is 22.3. The number of amides is 2. The molecular weight excluding hydrogens is 414 g/mol. The van der Waals surface area contributed by atoms with Crippen LogP contribution in [0.15, 0.2) is 89.5 Å². The van der Waals surface area contributed by atoms with Crippen molar-refractivity contribution >= 4 is 28.3 Å². The molecule has 168 valence electrons. The van der Waals surface area contributed by atoms with Gasteiger partial charge in [-0.3, -0.25) is 14.5 Å². The molecular formula is C27H27N3O3. The third-order valence-electron chi connectivity index (χ3n) is 5.53. The highest BCUT2D eigenvalue weighted by atomic mass is 16.3. The molecule has 0 saturated heterocycles. The molecule has 0 saturated carbocycles. The lowest BCUT2D eigenvalue weighted by atomic mass is 10.1. The molecule has 2 N–H and O–H groups in total. The molecule has 0 aliphatic rings. The van der Waals surface area contributed by atoms with Gasteiger partial charge in [0.25, 0.3) is 5.91 Å². The number of nitrogens with zero attached hydrogens (tertiary/aromatic N) is 1. The average Bonchev–Trinajstić information content (AvgIpc) is 3.36. The number of fused-ring (bicyclic) bond motifs is 1. The Labute approximate surface area is 193 Å². The van der Waals surface area contributed by atoms with Gasteiger partial charge in [0.1, 0.15) is 5.76 Å². The van der Waals surface area contributed by atoms with Gasteiger partial charge in [-0.1, -0.05) is 48.5 Å². The minimum atomic E-state index is -0.112. The maximum atomic E-state index is 12.8. The molecule has 0 unspecified atom stereocenters. The van der Waals surface area contributed by atoms with Crippen LogP contribution in [0, 0.1) is 0 Å². The van der Waals surface area contributed by atoms with Crippen LogP contribution < -0.4 is 10.6 Å². The zero-order valence-electron chi connectivity index (χ0n) is 18.6. The third-order valence-corrected chi connectivity index (χ3v) is 5.53. The summed E-state index contributed by atoms with van der Waals surface area (Å²) in [5.41, 5.74) is 2.50. The van der Waals surface area contributed by atoms with E-state index in [9.17, 15) is 9.59 Å². The second kappa shape index (κ2) is 10.6. The summed E-state index contributed by atoms with van der Waals surface area (Å²) < 4.78 is 5.52. The Kier molecular flexibility index (Phi) is 7.17. The van der Waals surface area contributed by atoms with E-state index in [1.165, 1.54) is 0 Å². The summed E-state index contributed by atoms with van der Waals surface area (Å²) in [5, 5.41) is 7.80. The Morgan fingerprint density at radius 2 is 1.67 bits per heavy atom. The van der Waals surface area contributed by atoms with Gasteiger partial charge >= 0.3 is 0 Å². The maximum Gasteiger partial charge on any atom is 0.251 e. The predicted octanol–water partition coefficient (Wildman–Crippen LogP) is 4.82. The van der Waals surface area contributed by atoms with Gasteiger partial charge in [0.2, 0.25) is 5.91 Å². The average molecular weight is 442 g/mol. The highest BCUT2D eigenvalue weighted by Gasteiger charge is 2.13. The minimum absolute atomic E-state index is 0.0363. The van der Waals surface area contributed by atoms with Crippen LogP contribution in [0.1, 0.15) is 28.1 Å². The van der Waals surface area contributed by atoms with E-state index in [1.807, 2.05) is 78.9 Å². The van der Waals surface area contributed by atoms with Gasteiger partial charge < -0.3 is 15.1 Å². The normalized spacial score (nSPS) is 11.0. The number of benzene rings is 3. The molecule has 3 aromatic carbocycles. The number of hydrogen-bond donors (Lipinski definition) is 2. The quantitative estimate of drug-likeness (QED) is 0.390. The van der Waals surface area contributed by atoms with Crippen molar-refractivity contribution in [2.75, 3.05) is 18.9 Å². The van der Waals surface area contributed by atoms with E-state index in [0.717, 1.165) is 27.8 Å². The number of hydrogen-bond acceptors (Lipinski definition) is 4. The molecule has 0 spiro atoms. The second-order valence-electron chi connectivity index (χ2n) is 7.89. The smallest absolute Gasteiger partial charge is 0.251 e. The summed E-state index contributed by atoms with van der Waals surface area (Å²) in [7, 11) is 1.62. The largest absolute Gasteiger partial charge is 0.468 e. The SMILES string of the molecule is CNC(=O)c1ccc(CN(CCC(=O)Nc2cccc3ccccc23)Cc2ccco2)cc1. The number of carbonyl (C=O) groups excluding carboxylic acids is 2. The van der Waals surface area contributed by atoms with Gasteiger partial charge in [0.15, 0.2) is 0 Å². The van der Waals surface area contributed by atoms with E-state index < -0.39 is 0 Å². The first-order valence-electron chi connectivity index (χ1n) is 11.0. The van der Waals surface area contributed by atoms with E-state index in [-0.39, 0.29) is 11.8 Å². The molecule has 0 aliphatic carbocycles. The molecule has 0 radical (unpaired) electrons. The van der Waals surface area contributed by atoms with Crippen molar-refractivity contribution < 1.29 is 14.0 Å². The highest BCUT2D eigenvalue weighted by molar-refractivity contribution is 6.02. The maximum absolute atomic E-state index is 12.8. The lowest BCUT2D eigenvalue weighted by Gasteiger charge is -2.21. The highest BCUT2D eigenvalue weighted by Crippen LogP contribution is 2.23. The second-order valence-corrected chi connectivity index (χ2v) is 7.89. The first-order valence-corrected chi connectivity index (χ1v) is 11.0. The van der Waals surface area contributed by atoms with Crippen molar-refractivity contribution in [1.29, 1.82) is 0 Å². The van der Waals surface area contributed by atoms with Crippen LogP contribution in [-0.4, -0.2) is 30.3 Å². The molecule has 4 aromatic rings. The molecule has 4 rings (SSSR count). The van der Waals surface area contributed by atoms with E-state index in [0.29, 0.717) is 31.6 Å². The number of rotatable bonds is 9. The Morgan fingerprint density at radius 1 is 0.879 bits per heavy atom. The summed E-state index contributed by atoms with van der Waals surface area (Å²) in [6.07, 6.45) is 2.00. The third kappa shape index (κ3) is 5.87. The Balaban J connectivity index is 1.41. The molecule has 6 heteroatoms. The van der Waals surface area contributed by atoms with Crippen molar-refractivity contribution in [3.05, 3.63) is 102 Å². The fourth-order valence-electron chi connectivity index (χ4n) is 3.81. The topological polar surface area (TPSA) is 74.6 Å². The van der Waals surface area contributed by atoms with Crippen molar-refractivity contribution in [2.24, 2.45) is 0 Å². The standard InChI is InChI=1S/C27H27N3O3/c1-28-27(32)22-13-11-20(12-14-22)18-30(19-23-8-5-17-33-23)16-15-26(31)29-25-10-4-7-21-6-2-3-9-24(21)25/h2-14,17H,15-16,18-19H2,1H3,(H,28,32)(H,29,31). The molecule has 0 aliphatic heterocycles. The number of anilines is 1.